The summed E-state index contributed by atoms with van der Waals surface area (Å²) >= 11 is 5.19. The Morgan fingerprint density at radius 2 is 1.65 bits per heavy atom. The number of nitrogens with zero attached hydrogens (tertiary/aromatic N) is 1. The first-order valence-corrected chi connectivity index (χ1v) is 6.37. The lowest BCUT2D eigenvalue weighted by molar-refractivity contribution is -0.0321. The van der Waals surface area contributed by atoms with Crippen molar-refractivity contribution >= 4 is 43.6 Å². The van der Waals surface area contributed by atoms with Crippen molar-refractivity contribution < 1.29 is 23.4 Å². The third-order valence-corrected chi connectivity index (χ3v) is 4.86. The van der Waals surface area contributed by atoms with Gasteiger partial charge in [0.2, 0.25) is 5.03 Å². The molecular weight excluding hydrogens is 391 g/mol. The molecule has 3 nitrogen and oxygen atoms in total. The molecule has 2 atom stereocenters. The molecule has 17 heavy (non-hydrogen) atoms. The Kier molecular flexibility index (Phi) is 4.71. The van der Waals surface area contributed by atoms with Crippen LogP contribution in [-0.2, 0) is 0 Å². The lowest BCUT2D eigenvalue weighted by Gasteiger charge is -2.13. The van der Waals surface area contributed by atoms with Gasteiger partial charge in [0.25, 0.3) is 0 Å². The van der Waals surface area contributed by atoms with Crippen LogP contribution < -0.4 is 0 Å². The molecule has 0 amide bonds. The van der Waals surface area contributed by atoms with Crippen molar-refractivity contribution in [2.24, 2.45) is 0 Å². The number of alkyl halides is 3. The molecule has 0 aliphatic heterocycles. The maximum absolute atomic E-state index is 12.2. The summed E-state index contributed by atoms with van der Waals surface area (Å²) in [5.74, 6) is 0. The predicted octanol–water partition coefficient (Wildman–Crippen LogP) is 3.11. The maximum Gasteiger partial charge on any atom is 0.435 e. The molecule has 0 heterocycles. The van der Waals surface area contributed by atoms with Crippen LogP contribution in [0.2, 0.25) is 0 Å². The number of hydrogen-bond donors (Lipinski definition) is 2. The van der Waals surface area contributed by atoms with E-state index in [0.717, 1.165) is 0 Å². The van der Waals surface area contributed by atoms with E-state index in [4.69, 9.17) is 6.57 Å². The minimum Gasteiger partial charge on any atom is -0.385 e. The second-order valence-corrected chi connectivity index (χ2v) is 5.68. The van der Waals surface area contributed by atoms with Gasteiger partial charge in [-0.1, -0.05) is 31.9 Å². The van der Waals surface area contributed by atoms with Gasteiger partial charge < -0.3 is 10.2 Å². The molecule has 0 bridgehead atoms. The van der Waals surface area contributed by atoms with Crippen molar-refractivity contribution in [3.05, 3.63) is 31.0 Å². The van der Waals surface area contributed by atoms with E-state index in [1.165, 1.54) is 0 Å². The van der Waals surface area contributed by atoms with Gasteiger partial charge in [-0.15, -0.1) is 0 Å². The third kappa shape index (κ3) is 3.26. The lowest BCUT2D eigenvalue weighted by Crippen LogP contribution is -2.16. The van der Waals surface area contributed by atoms with E-state index in [-0.39, 0.29) is 14.5 Å². The molecule has 0 aromatic heterocycles. The molecule has 0 saturated carbocycles. The fraction of sp³-hybridized carbons (Fsp3) is 0.375. The Morgan fingerprint density at radius 1 is 1.24 bits per heavy atom. The predicted molar refractivity (Wildman–Crippen MR) is 64.2 cm³/mol. The van der Waals surface area contributed by atoms with Gasteiger partial charge >= 0.3 is 5.51 Å². The molecule has 0 saturated heterocycles. The van der Waals surface area contributed by atoms with Crippen LogP contribution in [0.1, 0.15) is 0 Å². The highest BCUT2D eigenvalue weighted by molar-refractivity contribution is 9.14. The topological polar surface area (TPSA) is 44.8 Å². The SMILES string of the molecule is [C-]#[N+]C(SC(F)(F)F)=C1C(O)C(Br)=C(Br)C1O. The molecule has 94 valence electrons. The summed E-state index contributed by atoms with van der Waals surface area (Å²) < 4.78 is 36.8. The highest BCUT2D eigenvalue weighted by atomic mass is 79.9. The van der Waals surface area contributed by atoms with Crippen molar-refractivity contribution in [3.8, 4) is 0 Å². The van der Waals surface area contributed by atoms with Gasteiger partial charge in [0.15, 0.2) is 0 Å². The van der Waals surface area contributed by atoms with Gasteiger partial charge in [0.1, 0.15) is 12.2 Å². The van der Waals surface area contributed by atoms with Crippen LogP contribution in [0.15, 0.2) is 19.6 Å². The summed E-state index contributed by atoms with van der Waals surface area (Å²) in [4.78, 5) is 2.71. The number of aliphatic hydroxyl groups excluding tert-OH is 2. The van der Waals surface area contributed by atoms with Gasteiger partial charge in [-0.25, -0.2) is 4.85 Å². The number of aliphatic hydroxyl groups is 2. The monoisotopic (exact) mass is 393 g/mol. The fourth-order valence-corrected chi connectivity index (χ4v) is 2.71. The first kappa shape index (κ1) is 15.0. The average Bonchev–Trinajstić information content (AvgIpc) is 2.40. The number of thioether (sulfide) groups is 1. The highest BCUT2D eigenvalue weighted by Crippen LogP contribution is 2.46. The van der Waals surface area contributed by atoms with E-state index in [2.05, 4.69) is 36.7 Å². The molecule has 2 N–H and O–H groups in total. The average molecular weight is 395 g/mol. The Labute approximate surface area is 115 Å². The third-order valence-electron chi connectivity index (χ3n) is 1.86. The summed E-state index contributed by atoms with van der Waals surface area (Å²) in [6, 6.07) is 0. The first-order chi connectivity index (χ1) is 7.69. The zero-order valence-corrected chi connectivity index (χ0v) is 11.8. The molecule has 9 heteroatoms. The zero-order chi connectivity index (χ0) is 13.4. The van der Waals surface area contributed by atoms with Gasteiger partial charge in [0, 0.05) is 14.5 Å². The van der Waals surface area contributed by atoms with E-state index in [1.54, 1.807) is 0 Å². The first-order valence-electron chi connectivity index (χ1n) is 3.97. The summed E-state index contributed by atoms with van der Waals surface area (Å²) in [5, 5.41) is 18.5. The van der Waals surface area contributed by atoms with Crippen LogP contribution in [0, 0.1) is 6.57 Å². The van der Waals surface area contributed by atoms with Crippen LogP contribution >= 0.6 is 43.6 Å². The Bertz CT molecular complexity index is 421. The Morgan fingerprint density at radius 3 is 1.94 bits per heavy atom. The molecule has 1 rings (SSSR count). The second-order valence-electron chi connectivity index (χ2n) is 2.92. The van der Waals surface area contributed by atoms with Crippen molar-refractivity contribution in [3.63, 3.8) is 0 Å². The summed E-state index contributed by atoms with van der Waals surface area (Å²) in [6.07, 6.45) is -2.89. The van der Waals surface area contributed by atoms with E-state index in [0.29, 0.717) is 0 Å². The minimum absolute atomic E-state index is 0.115. The van der Waals surface area contributed by atoms with E-state index >= 15 is 0 Å². The quantitative estimate of drug-likeness (QED) is 0.671. The maximum atomic E-state index is 12.2. The van der Waals surface area contributed by atoms with Crippen molar-refractivity contribution in [1.82, 2.24) is 0 Å². The molecule has 0 fully saturated rings. The van der Waals surface area contributed by atoms with E-state index in [9.17, 15) is 23.4 Å². The Hall–Kier alpha value is -0.0100. The van der Waals surface area contributed by atoms with Crippen LogP contribution in [0.25, 0.3) is 4.85 Å². The number of halogens is 5. The van der Waals surface area contributed by atoms with Crippen molar-refractivity contribution in [2.75, 3.05) is 0 Å². The highest BCUT2D eigenvalue weighted by Gasteiger charge is 2.40. The standard InChI is InChI=1S/C8H4Br2F3NO2S/c1-14-7(17-8(11,12)13)2-5(15)3(9)4(10)6(2)16/h5-6,15-16H. The summed E-state index contributed by atoms with van der Waals surface area (Å²) in [7, 11) is 0. The molecule has 0 aromatic rings. The van der Waals surface area contributed by atoms with Gasteiger partial charge in [0.05, 0.1) is 6.57 Å². The summed E-state index contributed by atoms with van der Waals surface area (Å²) in [6.45, 7) is 6.69. The number of rotatable bonds is 1. The van der Waals surface area contributed by atoms with E-state index < -0.39 is 34.5 Å². The zero-order valence-electron chi connectivity index (χ0n) is 7.79. The van der Waals surface area contributed by atoms with Crippen molar-refractivity contribution in [2.45, 2.75) is 17.7 Å². The smallest absolute Gasteiger partial charge is 0.385 e. The van der Waals surface area contributed by atoms with Crippen LogP contribution in [0.5, 0.6) is 0 Å². The minimum atomic E-state index is -4.64. The largest absolute Gasteiger partial charge is 0.435 e. The molecule has 1 aliphatic rings. The lowest BCUT2D eigenvalue weighted by atomic mass is 10.1. The number of hydrogen-bond acceptors (Lipinski definition) is 3. The molecule has 0 spiro atoms. The fourth-order valence-electron chi connectivity index (χ4n) is 1.17. The van der Waals surface area contributed by atoms with Crippen LogP contribution in [0.3, 0.4) is 0 Å². The molecule has 0 aromatic carbocycles. The van der Waals surface area contributed by atoms with Gasteiger partial charge in [-0.2, -0.15) is 13.2 Å². The van der Waals surface area contributed by atoms with Crippen molar-refractivity contribution in [1.29, 1.82) is 0 Å². The van der Waals surface area contributed by atoms with Gasteiger partial charge in [-0.3, -0.25) is 0 Å². The molecule has 0 radical (unpaired) electrons. The molecular formula is C8H4Br2F3NO2S. The van der Waals surface area contributed by atoms with Crippen LogP contribution in [-0.4, -0.2) is 27.9 Å². The van der Waals surface area contributed by atoms with E-state index in [1.807, 2.05) is 0 Å². The normalized spacial score (nSPS) is 25.2. The Balaban J connectivity index is 3.18. The van der Waals surface area contributed by atoms with Crippen LogP contribution in [0.4, 0.5) is 13.2 Å². The molecule has 1 aliphatic carbocycles. The second kappa shape index (κ2) is 5.32. The summed E-state index contributed by atoms with van der Waals surface area (Å²) in [5.41, 5.74) is -5.02. The van der Waals surface area contributed by atoms with Gasteiger partial charge in [-0.05, 0) is 11.8 Å². The molecule has 2 unspecified atom stereocenters.